The molecule has 0 unspecified atom stereocenters. The Morgan fingerprint density at radius 1 is 1.11 bits per heavy atom. The van der Waals surface area contributed by atoms with Crippen molar-refractivity contribution in [2.24, 2.45) is 0 Å². The maximum Gasteiger partial charge on any atom is 0.416 e. The van der Waals surface area contributed by atoms with Crippen LogP contribution in [0.2, 0.25) is 0 Å². The van der Waals surface area contributed by atoms with Crippen LogP contribution in [0.25, 0.3) is 0 Å². The number of halogens is 3. The molecular weight excluding hydrogens is 353 g/mol. The van der Waals surface area contributed by atoms with E-state index in [1.807, 2.05) is 13.0 Å². The van der Waals surface area contributed by atoms with Crippen LogP contribution in [0.3, 0.4) is 0 Å². The second kappa shape index (κ2) is 8.58. The molecule has 0 aromatic heterocycles. The third kappa shape index (κ3) is 5.23. The number of hydrogen-bond acceptors (Lipinski definition) is 2. The Morgan fingerprint density at radius 2 is 1.78 bits per heavy atom. The predicted molar refractivity (Wildman–Crippen MR) is 103 cm³/mol. The molecule has 1 amide bonds. The number of hydrogen-bond donors (Lipinski definition) is 1. The van der Waals surface area contributed by atoms with Gasteiger partial charge in [0, 0.05) is 18.7 Å². The molecule has 2 aromatic carbocycles. The van der Waals surface area contributed by atoms with Crippen LogP contribution in [-0.2, 0) is 6.18 Å². The van der Waals surface area contributed by atoms with Gasteiger partial charge in [-0.3, -0.25) is 4.79 Å². The highest BCUT2D eigenvalue weighted by atomic mass is 19.4. The van der Waals surface area contributed by atoms with Gasteiger partial charge in [-0.2, -0.15) is 13.2 Å². The lowest BCUT2D eigenvalue weighted by atomic mass is 10.1. The van der Waals surface area contributed by atoms with Gasteiger partial charge in [-0.15, -0.1) is 13.2 Å². The van der Waals surface area contributed by atoms with Crippen molar-refractivity contribution >= 4 is 17.3 Å². The SMILES string of the molecule is C=CCN(CC=C)c1ccc(C(F)(F)F)cc1NC(=O)c1cccc(C)c1. The highest BCUT2D eigenvalue weighted by Gasteiger charge is 2.31. The number of carbonyl (C=O) groups excluding carboxylic acids is 1. The second-order valence-electron chi connectivity index (χ2n) is 6.04. The Kier molecular flexibility index (Phi) is 6.45. The second-order valence-corrected chi connectivity index (χ2v) is 6.04. The van der Waals surface area contributed by atoms with Gasteiger partial charge < -0.3 is 10.2 Å². The molecule has 0 spiro atoms. The summed E-state index contributed by atoms with van der Waals surface area (Å²) in [5.41, 5.74) is 0.969. The zero-order chi connectivity index (χ0) is 20.0. The van der Waals surface area contributed by atoms with E-state index in [9.17, 15) is 18.0 Å². The molecule has 0 bridgehead atoms. The summed E-state index contributed by atoms with van der Waals surface area (Å²) in [5.74, 6) is -0.476. The molecule has 0 saturated carbocycles. The largest absolute Gasteiger partial charge is 0.416 e. The van der Waals surface area contributed by atoms with E-state index in [0.717, 1.165) is 17.7 Å². The molecule has 27 heavy (non-hydrogen) atoms. The normalized spacial score (nSPS) is 11.0. The zero-order valence-electron chi connectivity index (χ0n) is 15.0. The van der Waals surface area contributed by atoms with Crippen LogP contribution in [0.4, 0.5) is 24.5 Å². The Balaban J connectivity index is 2.47. The summed E-state index contributed by atoms with van der Waals surface area (Å²) < 4.78 is 39.5. The van der Waals surface area contributed by atoms with E-state index in [0.29, 0.717) is 24.3 Å². The summed E-state index contributed by atoms with van der Waals surface area (Å²) >= 11 is 0. The molecule has 142 valence electrons. The van der Waals surface area contributed by atoms with Crippen molar-refractivity contribution in [3.05, 3.63) is 84.5 Å². The summed E-state index contributed by atoms with van der Waals surface area (Å²) in [6.45, 7) is 9.96. The van der Waals surface area contributed by atoms with Crippen LogP contribution in [0.1, 0.15) is 21.5 Å². The average Bonchev–Trinajstić information content (AvgIpc) is 2.61. The molecule has 1 N–H and O–H groups in total. The van der Waals surface area contributed by atoms with E-state index < -0.39 is 17.6 Å². The van der Waals surface area contributed by atoms with Crippen LogP contribution in [-0.4, -0.2) is 19.0 Å². The van der Waals surface area contributed by atoms with Crippen LogP contribution in [0.15, 0.2) is 67.8 Å². The lowest BCUT2D eigenvalue weighted by molar-refractivity contribution is -0.137. The molecule has 0 radical (unpaired) electrons. The van der Waals surface area contributed by atoms with Gasteiger partial charge in [0.05, 0.1) is 16.9 Å². The minimum absolute atomic E-state index is 0.0834. The molecule has 0 aliphatic heterocycles. The number of aryl methyl sites for hydroxylation is 1. The van der Waals surface area contributed by atoms with Crippen LogP contribution in [0, 0.1) is 6.92 Å². The average molecular weight is 374 g/mol. The van der Waals surface area contributed by atoms with E-state index in [-0.39, 0.29) is 5.69 Å². The van der Waals surface area contributed by atoms with Gasteiger partial charge in [-0.25, -0.2) is 0 Å². The van der Waals surface area contributed by atoms with E-state index in [1.54, 1.807) is 35.3 Å². The Hall–Kier alpha value is -3.02. The molecular formula is C21H21F3N2O. The first-order valence-electron chi connectivity index (χ1n) is 8.32. The summed E-state index contributed by atoms with van der Waals surface area (Å²) in [5, 5.41) is 2.61. The summed E-state index contributed by atoms with van der Waals surface area (Å²) in [4.78, 5) is 14.3. The molecule has 0 aliphatic rings. The lowest BCUT2D eigenvalue weighted by Gasteiger charge is -2.25. The third-order valence-corrected chi connectivity index (χ3v) is 3.89. The first-order chi connectivity index (χ1) is 12.8. The van der Waals surface area contributed by atoms with Crippen molar-refractivity contribution in [1.29, 1.82) is 0 Å². The number of benzene rings is 2. The van der Waals surface area contributed by atoms with Crippen molar-refractivity contribution < 1.29 is 18.0 Å². The number of nitrogens with zero attached hydrogens (tertiary/aromatic N) is 1. The topological polar surface area (TPSA) is 32.3 Å². The first kappa shape index (κ1) is 20.3. The molecule has 3 nitrogen and oxygen atoms in total. The molecule has 0 aliphatic carbocycles. The predicted octanol–water partition coefficient (Wildman–Crippen LogP) is 5.44. The minimum atomic E-state index is -4.51. The maximum atomic E-state index is 13.2. The van der Waals surface area contributed by atoms with Crippen LogP contribution in [0.5, 0.6) is 0 Å². The number of carbonyl (C=O) groups is 1. The van der Waals surface area contributed by atoms with Gasteiger partial charge in [0.1, 0.15) is 0 Å². The molecule has 0 atom stereocenters. The van der Waals surface area contributed by atoms with Gasteiger partial charge in [-0.05, 0) is 37.3 Å². The van der Waals surface area contributed by atoms with Crippen molar-refractivity contribution in [2.75, 3.05) is 23.3 Å². The fourth-order valence-corrected chi connectivity index (χ4v) is 2.65. The van der Waals surface area contributed by atoms with Crippen LogP contribution < -0.4 is 10.2 Å². The van der Waals surface area contributed by atoms with Crippen molar-refractivity contribution in [3.63, 3.8) is 0 Å². The summed E-state index contributed by atoms with van der Waals surface area (Å²) in [7, 11) is 0. The molecule has 2 aromatic rings. The van der Waals surface area contributed by atoms with Crippen molar-refractivity contribution in [2.45, 2.75) is 13.1 Å². The Bertz CT molecular complexity index is 834. The quantitative estimate of drug-likeness (QED) is 0.654. The Labute approximate surface area is 156 Å². The zero-order valence-corrected chi connectivity index (χ0v) is 15.0. The highest BCUT2D eigenvalue weighted by Crippen LogP contribution is 2.35. The van der Waals surface area contributed by atoms with E-state index in [2.05, 4.69) is 18.5 Å². The van der Waals surface area contributed by atoms with E-state index in [4.69, 9.17) is 0 Å². The fraction of sp³-hybridized carbons (Fsp3) is 0.190. The molecule has 0 saturated heterocycles. The minimum Gasteiger partial charge on any atom is -0.362 e. The molecule has 2 rings (SSSR count). The summed E-state index contributed by atoms with van der Waals surface area (Å²) in [6, 6.07) is 10.1. The van der Waals surface area contributed by atoms with E-state index >= 15 is 0 Å². The van der Waals surface area contributed by atoms with Gasteiger partial charge in [-0.1, -0.05) is 29.8 Å². The summed E-state index contributed by atoms with van der Waals surface area (Å²) in [6.07, 6.45) is -1.25. The number of nitrogens with one attached hydrogen (secondary N) is 1. The molecule has 0 fully saturated rings. The number of rotatable bonds is 7. The van der Waals surface area contributed by atoms with Crippen molar-refractivity contribution in [3.8, 4) is 0 Å². The Morgan fingerprint density at radius 3 is 2.33 bits per heavy atom. The first-order valence-corrected chi connectivity index (χ1v) is 8.32. The smallest absolute Gasteiger partial charge is 0.362 e. The van der Waals surface area contributed by atoms with Gasteiger partial charge in [0.2, 0.25) is 0 Å². The molecule has 0 heterocycles. The van der Waals surface area contributed by atoms with Gasteiger partial charge >= 0.3 is 6.18 Å². The lowest BCUT2D eigenvalue weighted by Crippen LogP contribution is -2.25. The third-order valence-electron chi connectivity index (χ3n) is 3.89. The number of alkyl halides is 3. The monoisotopic (exact) mass is 374 g/mol. The number of amides is 1. The highest BCUT2D eigenvalue weighted by molar-refractivity contribution is 6.06. The fourth-order valence-electron chi connectivity index (χ4n) is 2.65. The maximum absolute atomic E-state index is 13.2. The standard InChI is InChI=1S/C21H21F3N2O/c1-4-11-26(12-5-2)19-10-9-17(21(22,23)24)14-18(19)25-20(27)16-8-6-7-15(3)13-16/h4-10,13-14H,1-2,11-12H2,3H3,(H,25,27). The number of anilines is 2. The van der Waals surface area contributed by atoms with E-state index in [1.165, 1.54) is 6.07 Å². The molecule has 6 heteroatoms. The van der Waals surface area contributed by atoms with Gasteiger partial charge in [0.25, 0.3) is 5.91 Å². The van der Waals surface area contributed by atoms with Crippen LogP contribution >= 0.6 is 0 Å². The van der Waals surface area contributed by atoms with Gasteiger partial charge in [0.15, 0.2) is 0 Å². The van der Waals surface area contributed by atoms with Crippen molar-refractivity contribution in [1.82, 2.24) is 0 Å².